The minimum Gasteiger partial charge on any atom is -0.260 e. The van der Waals surface area contributed by atoms with Gasteiger partial charge in [-0.15, -0.1) is 5.10 Å². The molecule has 1 aromatic heterocycles. The minimum atomic E-state index is 0.670. The van der Waals surface area contributed by atoms with E-state index in [1.165, 1.54) is 0 Å². The van der Waals surface area contributed by atoms with Crippen molar-refractivity contribution in [2.45, 2.75) is 13.8 Å². The Morgan fingerprint density at radius 3 is 3.09 bits per heavy atom. The Kier molecular flexibility index (Phi) is 2.54. The lowest BCUT2D eigenvalue weighted by molar-refractivity contribution is 0.915. The molecule has 58 valence electrons. The molecule has 0 atom stereocenters. The van der Waals surface area contributed by atoms with Gasteiger partial charge in [0.15, 0.2) is 5.49 Å². The molecule has 1 aromatic rings. The quantitative estimate of drug-likeness (QED) is 0.463. The topological polar surface area (TPSA) is 53.4 Å². The molecule has 4 heteroatoms. The van der Waals surface area contributed by atoms with Gasteiger partial charge in [0, 0.05) is 6.21 Å². The van der Waals surface area contributed by atoms with Crippen LogP contribution in [0.3, 0.4) is 0 Å². The first-order chi connectivity index (χ1) is 5.33. The highest BCUT2D eigenvalue weighted by atomic mass is 15.2. The summed E-state index contributed by atoms with van der Waals surface area (Å²) in [6.07, 6.45) is 3.35. The summed E-state index contributed by atoms with van der Waals surface area (Å²) in [7, 11) is 0. The summed E-state index contributed by atoms with van der Waals surface area (Å²) < 4.78 is 0. The van der Waals surface area contributed by atoms with E-state index in [1.54, 1.807) is 12.4 Å². The van der Waals surface area contributed by atoms with E-state index in [-0.39, 0.29) is 0 Å². The Labute approximate surface area is 64.7 Å². The van der Waals surface area contributed by atoms with Gasteiger partial charge in [0.2, 0.25) is 0 Å². The van der Waals surface area contributed by atoms with Crippen molar-refractivity contribution in [3.63, 3.8) is 0 Å². The van der Waals surface area contributed by atoms with Crippen molar-refractivity contribution >= 4 is 6.21 Å². The molecule has 0 spiro atoms. The van der Waals surface area contributed by atoms with Gasteiger partial charge in [0.05, 0.1) is 6.20 Å². The monoisotopic (exact) mass is 150 g/mol. The molecule has 0 aliphatic rings. The number of aryl methyl sites for hydroxylation is 1. The predicted molar refractivity (Wildman–Crippen MR) is 43.1 cm³/mol. The van der Waals surface area contributed by atoms with E-state index >= 15 is 0 Å². The van der Waals surface area contributed by atoms with Gasteiger partial charge in [0.1, 0.15) is 0 Å². The number of hydrogen-bond donors (Lipinski definition) is 1. The second-order valence-electron chi connectivity index (χ2n) is 2.12. The molecular formula is C7H10N4. The van der Waals surface area contributed by atoms with Crippen LogP contribution in [0.15, 0.2) is 22.5 Å². The van der Waals surface area contributed by atoms with Crippen LogP contribution >= 0.6 is 0 Å². The van der Waals surface area contributed by atoms with E-state index in [1.807, 2.05) is 19.9 Å². The minimum absolute atomic E-state index is 0.670. The highest BCUT2D eigenvalue weighted by Gasteiger charge is 1.81. The zero-order valence-electron chi connectivity index (χ0n) is 6.57. The number of nitrogens with zero attached hydrogens (tertiary/aromatic N) is 3. The summed E-state index contributed by atoms with van der Waals surface area (Å²) >= 11 is 0. The molecular weight excluding hydrogens is 140 g/mol. The zero-order valence-corrected chi connectivity index (χ0v) is 6.57. The molecule has 0 aliphatic heterocycles. The molecule has 0 radical (unpaired) electrons. The first kappa shape index (κ1) is 7.65. The fraction of sp³-hybridized carbons (Fsp3) is 0.286. The molecule has 0 bridgehead atoms. The molecule has 1 heterocycles. The molecule has 0 aromatic carbocycles. The smallest absolute Gasteiger partial charge is 0.169 e. The van der Waals surface area contributed by atoms with Crippen molar-refractivity contribution in [3.8, 4) is 0 Å². The van der Waals surface area contributed by atoms with E-state index in [9.17, 15) is 0 Å². The predicted octanol–water partition coefficient (Wildman–Crippen LogP) is 0.625. The molecule has 0 unspecified atom stereocenters. The first-order valence-corrected chi connectivity index (χ1v) is 3.36. The molecule has 4 nitrogen and oxygen atoms in total. The number of aromatic nitrogens is 2. The van der Waals surface area contributed by atoms with Crippen LogP contribution < -0.4 is 5.49 Å². The fourth-order valence-corrected chi connectivity index (χ4v) is 0.657. The van der Waals surface area contributed by atoms with Gasteiger partial charge in [0.25, 0.3) is 0 Å². The van der Waals surface area contributed by atoms with Crippen LogP contribution in [0.25, 0.3) is 0 Å². The molecule has 1 N–H and O–H groups in total. The van der Waals surface area contributed by atoms with E-state index in [2.05, 4.69) is 20.4 Å². The Balaban J connectivity index is 3.04. The van der Waals surface area contributed by atoms with Crippen molar-refractivity contribution in [2.24, 2.45) is 10.2 Å². The van der Waals surface area contributed by atoms with Crippen LogP contribution in [0, 0.1) is 6.92 Å². The summed E-state index contributed by atoms with van der Waals surface area (Å²) in [6, 6.07) is 1.88. The van der Waals surface area contributed by atoms with Crippen molar-refractivity contribution in [1.82, 2.24) is 10.2 Å². The van der Waals surface area contributed by atoms with Gasteiger partial charge in [-0.1, -0.05) is 0 Å². The fourth-order valence-electron chi connectivity index (χ4n) is 0.657. The number of nitrogens with one attached hydrogen (secondary N) is 1. The van der Waals surface area contributed by atoms with Crippen molar-refractivity contribution in [1.29, 1.82) is 0 Å². The van der Waals surface area contributed by atoms with Gasteiger partial charge >= 0.3 is 0 Å². The summed E-state index contributed by atoms with van der Waals surface area (Å²) in [6.45, 7) is 3.77. The molecule has 0 saturated heterocycles. The first-order valence-electron chi connectivity index (χ1n) is 3.36. The zero-order chi connectivity index (χ0) is 8.10. The average molecular weight is 150 g/mol. The molecule has 0 aliphatic carbocycles. The SMILES string of the molecule is C/C=N\N=c1\cc(C)cn[nH]1. The van der Waals surface area contributed by atoms with E-state index in [4.69, 9.17) is 0 Å². The van der Waals surface area contributed by atoms with Crippen molar-refractivity contribution < 1.29 is 0 Å². The summed E-state index contributed by atoms with van der Waals surface area (Å²) in [4.78, 5) is 0. The Bertz CT molecular complexity index is 310. The number of rotatable bonds is 1. The maximum absolute atomic E-state index is 3.84. The van der Waals surface area contributed by atoms with E-state index < -0.39 is 0 Å². The number of hydrogen-bond acceptors (Lipinski definition) is 3. The highest BCUT2D eigenvalue weighted by Crippen LogP contribution is 1.82. The van der Waals surface area contributed by atoms with Crippen LogP contribution in [0.1, 0.15) is 12.5 Å². The van der Waals surface area contributed by atoms with E-state index in [0.717, 1.165) is 5.56 Å². The molecule has 0 saturated carbocycles. The molecule has 11 heavy (non-hydrogen) atoms. The summed E-state index contributed by atoms with van der Waals surface area (Å²) in [5.41, 5.74) is 1.73. The van der Waals surface area contributed by atoms with Crippen LogP contribution in [0.2, 0.25) is 0 Å². The number of H-pyrrole nitrogens is 1. The van der Waals surface area contributed by atoms with Gasteiger partial charge in [-0.3, -0.25) is 5.10 Å². The maximum atomic E-state index is 3.84. The third-order valence-corrected chi connectivity index (χ3v) is 1.09. The normalized spacial score (nSPS) is 12.7. The maximum Gasteiger partial charge on any atom is 0.169 e. The Morgan fingerprint density at radius 1 is 1.64 bits per heavy atom. The lowest BCUT2D eigenvalue weighted by atomic mass is 10.4. The van der Waals surface area contributed by atoms with Crippen LogP contribution in [0.4, 0.5) is 0 Å². The van der Waals surface area contributed by atoms with Crippen LogP contribution in [0.5, 0.6) is 0 Å². The van der Waals surface area contributed by atoms with Gasteiger partial charge in [-0.25, -0.2) is 0 Å². The summed E-state index contributed by atoms with van der Waals surface area (Å²) in [5.74, 6) is 0. The second kappa shape index (κ2) is 3.65. The largest absolute Gasteiger partial charge is 0.260 e. The molecule has 1 rings (SSSR count). The van der Waals surface area contributed by atoms with Gasteiger partial charge in [-0.2, -0.15) is 10.2 Å². The second-order valence-corrected chi connectivity index (χ2v) is 2.12. The molecule has 0 amide bonds. The van der Waals surface area contributed by atoms with Crippen molar-refractivity contribution in [3.05, 3.63) is 23.3 Å². The number of aromatic amines is 1. The Hall–Kier alpha value is -1.45. The van der Waals surface area contributed by atoms with Crippen LogP contribution in [-0.2, 0) is 0 Å². The van der Waals surface area contributed by atoms with Gasteiger partial charge in [-0.05, 0) is 25.5 Å². The lowest BCUT2D eigenvalue weighted by Gasteiger charge is -1.87. The third-order valence-electron chi connectivity index (χ3n) is 1.09. The third kappa shape index (κ3) is 2.33. The highest BCUT2D eigenvalue weighted by molar-refractivity contribution is 5.52. The summed E-state index contributed by atoms with van der Waals surface area (Å²) in [5, 5.41) is 14.1. The van der Waals surface area contributed by atoms with E-state index in [0.29, 0.717) is 5.49 Å². The van der Waals surface area contributed by atoms with Gasteiger partial charge < -0.3 is 0 Å². The van der Waals surface area contributed by atoms with Crippen LogP contribution in [-0.4, -0.2) is 16.4 Å². The standard InChI is InChI=1S/C7H10N4/c1-3-8-10-7-4-6(2)5-9-11-7/h3-5H,1-2H3,(H,10,11)/b8-3-. The lowest BCUT2D eigenvalue weighted by Crippen LogP contribution is -2.07. The van der Waals surface area contributed by atoms with Crippen molar-refractivity contribution in [2.75, 3.05) is 0 Å². The Morgan fingerprint density at radius 2 is 2.45 bits per heavy atom. The average Bonchev–Trinajstić information content (AvgIpc) is 2.01. The molecule has 0 fully saturated rings.